The van der Waals surface area contributed by atoms with Crippen molar-refractivity contribution in [1.82, 2.24) is 0 Å². The lowest BCUT2D eigenvalue weighted by molar-refractivity contribution is -0.121. The van der Waals surface area contributed by atoms with Crippen molar-refractivity contribution in [3.63, 3.8) is 0 Å². The third-order valence-electron chi connectivity index (χ3n) is 3.69. The molecule has 0 aliphatic carbocycles. The van der Waals surface area contributed by atoms with Crippen LogP contribution in [0.2, 0.25) is 10.0 Å². The zero-order valence-electron chi connectivity index (χ0n) is 12.6. The average molecular weight is 399 g/mol. The molecule has 0 bridgehead atoms. The van der Waals surface area contributed by atoms with E-state index in [2.05, 4.69) is 10.6 Å². The van der Waals surface area contributed by atoms with E-state index < -0.39 is 33.3 Å². The molecular weight excluding hydrogens is 387 g/mol. The lowest BCUT2D eigenvalue weighted by atomic mass is 10.2. The van der Waals surface area contributed by atoms with E-state index in [0.29, 0.717) is 5.02 Å². The molecule has 2 amide bonds. The van der Waals surface area contributed by atoms with Crippen LogP contribution in [0.15, 0.2) is 47.4 Å². The van der Waals surface area contributed by atoms with Crippen molar-refractivity contribution in [2.75, 3.05) is 10.6 Å². The number of hydrogen-bond donors (Lipinski definition) is 2. The van der Waals surface area contributed by atoms with Crippen LogP contribution in [0.1, 0.15) is 6.42 Å². The van der Waals surface area contributed by atoms with Gasteiger partial charge in [0, 0.05) is 5.02 Å². The van der Waals surface area contributed by atoms with Crippen LogP contribution in [0.5, 0.6) is 0 Å². The summed E-state index contributed by atoms with van der Waals surface area (Å²) in [6.45, 7) is 0. The number of fused-ring (bicyclic) bond motifs is 1. The highest BCUT2D eigenvalue weighted by Gasteiger charge is 2.41. The molecule has 1 atom stereocenters. The first-order valence-corrected chi connectivity index (χ1v) is 9.48. The van der Waals surface area contributed by atoms with Gasteiger partial charge in [0.25, 0.3) is 0 Å². The van der Waals surface area contributed by atoms with Crippen LogP contribution in [0.3, 0.4) is 0 Å². The Hall–Kier alpha value is -2.09. The lowest BCUT2D eigenvalue weighted by Gasteiger charge is -2.24. The molecule has 0 radical (unpaired) electrons. The fraction of sp³-hybridized carbons (Fsp3) is 0.125. The molecule has 9 heteroatoms. The van der Waals surface area contributed by atoms with Gasteiger partial charge < -0.3 is 10.6 Å². The Morgan fingerprint density at radius 3 is 2.64 bits per heavy atom. The van der Waals surface area contributed by atoms with Gasteiger partial charge in [0.15, 0.2) is 15.1 Å². The Bertz CT molecular complexity index is 976. The Kier molecular flexibility index (Phi) is 4.73. The number of rotatable bonds is 3. The van der Waals surface area contributed by atoms with E-state index in [0.717, 1.165) is 0 Å². The number of amides is 2. The highest BCUT2D eigenvalue weighted by molar-refractivity contribution is 7.93. The third kappa shape index (κ3) is 3.49. The molecule has 0 aromatic heterocycles. The monoisotopic (exact) mass is 398 g/mol. The SMILES string of the molecule is O=C(C[C@H]1C(=O)Nc2ccccc2S1(=O)=O)Nc1cc(Cl)ccc1Cl. The van der Waals surface area contributed by atoms with Crippen LogP contribution in [-0.4, -0.2) is 25.5 Å². The molecule has 25 heavy (non-hydrogen) atoms. The first-order valence-electron chi connectivity index (χ1n) is 7.18. The van der Waals surface area contributed by atoms with E-state index in [4.69, 9.17) is 23.2 Å². The second kappa shape index (κ2) is 6.67. The first kappa shape index (κ1) is 17.7. The van der Waals surface area contributed by atoms with Crippen LogP contribution < -0.4 is 10.6 Å². The number of anilines is 2. The van der Waals surface area contributed by atoms with Gasteiger partial charge in [-0.3, -0.25) is 9.59 Å². The minimum Gasteiger partial charge on any atom is -0.325 e. The molecule has 3 rings (SSSR count). The predicted octanol–water partition coefficient (Wildman–Crippen LogP) is 3.12. The fourth-order valence-corrected chi connectivity index (χ4v) is 4.54. The van der Waals surface area contributed by atoms with Crippen molar-refractivity contribution in [3.05, 3.63) is 52.5 Å². The van der Waals surface area contributed by atoms with Gasteiger partial charge in [-0.2, -0.15) is 0 Å². The Morgan fingerprint density at radius 2 is 1.88 bits per heavy atom. The van der Waals surface area contributed by atoms with E-state index >= 15 is 0 Å². The highest BCUT2D eigenvalue weighted by Crippen LogP contribution is 2.32. The molecule has 0 fully saturated rings. The van der Waals surface area contributed by atoms with E-state index in [1.165, 1.54) is 24.3 Å². The van der Waals surface area contributed by atoms with Crippen molar-refractivity contribution in [1.29, 1.82) is 0 Å². The van der Waals surface area contributed by atoms with Gasteiger partial charge in [-0.25, -0.2) is 8.42 Å². The molecule has 2 N–H and O–H groups in total. The standard InChI is InChI=1S/C16H12Cl2N2O4S/c17-9-5-6-10(18)12(7-9)19-15(21)8-14-16(22)20-11-3-1-2-4-13(11)25(14,23)24/h1-7,14H,8H2,(H,19,21)(H,20,22)/t14-/m0/s1. The van der Waals surface area contributed by atoms with Gasteiger partial charge in [0.1, 0.15) is 0 Å². The van der Waals surface area contributed by atoms with Gasteiger partial charge in [-0.1, -0.05) is 35.3 Å². The number of carbonyl (C=O) groups is 2. The Balaban J connectivity index is 1.84. The van der Waals surface area contributed by atoms with Gasteiger partial charge in [-0.05, 0) is 30.3 Å². The van der Waals surface area contributed by atoms with E-state index in [9.17, 15) is 18.0 Å². The number of sulfone groups is 1. The summed E-state index contributed by atoms with van der Waals surface area (Å²) in [5.41, 5.74) is 0.454. The third-order valence-corrected chi connectivity index (χ3v) is 6.36. The van der Waals surface area contributed by atoms with Crippen molar-refractivity contribution >= 4 is 56.2 Å². The van der Waals surface area contributed by atoms with Gasteiger partial charge in [-0.15, -0.1) is 0 Å². The van der Waals surface area contributed by atoms with Crippen molar-refractivity contribution in [2.24, 2.45) is 0 Å². The van der Waals surface area contributed by atoms with Crippen molar-refractivity contribution in [2.45, 2.75) is 16.6 Å². The fourth-order valence-electron chi connectivity index (χ4n) is 2.49. The van der Waals surface area contributed by atoms with Crippen LogP contribution in [0, 0.1) is 0 Å². The minimum atomic E-state index is -3.97. The number of nitrogens with one attached hydrogen (secondary N) is 2. The normalized spacial score (nSPS) is 18.2. The average Bonchev–Trinajstić information content (AvgIpc) is 2.55. The molecule has 1 heterocycles. The molecule has 2 aromatic rings. The summed E-state index contributed by atoms with van der Waals surface area (Å²) in [6.07, 6.45) is -0.536. The summed E-state index contributed by atoms with van der Waals surface area (Å²) in [5.74, 6) is -1.40. The van der Waals surface area contributed by atoms with Crippen molar-refractivity contribution in [3.8, 4) is 0 Å². The maximum absolute atomic E-state index is 12.6. The second-order valence-corrected chi connectivity index (χ2v) is 8.34. The summed E-state index contributed by atoms with van der Waals surface area (Å²) in [5, 5.41) is 4.08. The summed E-state index contributed by atoms with van der Waals surface area (Å²) >= 11 is 11.8. The van der Waals surface area contributed by atoms with Crippen LogP contribution in [0.4, 0.5) is 11.4 Å². The molecule has 1 aliphatic heterocycles. The molecule has 0 saturated heterocycles. The van der Waals surface area contributed by atoms with Crippen LogP contribution in [-0.2, 0) is 19.4 Å². The number of benzene rings is 2. The number of carbonyl (C=O) groups excluding carboxylic acids is 2. The van der Waals surface area contributed by atoms with Crippen molar-refractivity contribution < 1.29 is 18.0 Å². The molecular formula is C16H12Cl2N2O4S. The summed E-state index contributed by atoms with van der Waals surface area (Å²) < 4.78 is 25.3. The smallest absolute Gasteiger partial charge is 0.243 e. The maximum atomic E-state index is 12.6. The molecule has 1 aliphatic rings. The Labute approximate surface area is 154 Å². The number of hydrogen-bond acceptors (Lipinski definition) is 4. The molecule has 0 unspecified atom stereocenters. The zero-order chi connectivity index (χ0) is 18.2. The second-order valence-electron chi connectivity index (χ2n) is 5.40. The van der Waals surface area contributed by atoms with Crippen LogP contribution >= 0.6 is 23.2 Å². The quantitative estimate of drug-likeness (QED) is 0.830. The topological polar surface area (TPSA) is 92.3 Å². The summed E-state index contributed by atoms with van der Waals surface area (Å²) in [4.78, 5) is 24.4. The molecule has 2 aromatic carbocycles. The largest absolute Gasteiger partial charge is 0.325 e. The van der Waals surface area contributed by atoms with Gasteiger partial charge >= 0.3 is 0 Å². The summed E-state index contributed by atoms with van der Waals surface area (Å²) in [7, 11) is -3.97. The minimum absolute atomic E-state index is 0.00631. The van der Waals surface area contributed by atoms with Gasteiger partial charge in [0.05, 0.1) is 27.7 Å². The van der Waals surface area contributed by atoms with E-state index in [1.807, 2.05) is 0 Å². The lowest BCUT2D eigenvalue weighted by Crippen LogP contribution is -2.42. The zero-order valence-corrected chi connectivity index (χ0v) is 15.0. The van der Waals surface area contributed by atoms with E-state index in [1.54, 1.807) is 18.2 Å². The van der Waals surface area contributed by atoms with Crippen LogP contribution in [0.25, 0.3) is 0 Å². The van der Waals surface area contributed by atoms with E-state index in [-0.39, 0.29) is 21.3 Å². The molecule has 0 spiro atoms. The van der Waals surface area contributed by atoms with Gasteiger partial charge in [0.2, 0.25) is 11.8 Å². The molecule has 0 saturated carbocycles. The predicted molar refractivity (Wildman–Crippen MR) is 95.8 cm³/mol. The summed E-state index contributed by atoms with van der Waals surface area (Å²) in [6, 6.07) is 10.5. The first-order chi connectivity index (χ1) is 11.8. The maximum Gasteiger partial charge on any atom is 0.243 e. The number of para-hydroxylation sites is 1. The molecule has 6 nitrogen and oxygen atoms in total. The Morgan fingerprint density at radius 1 is 1.16 bits per heavy atom. The number of halogens is 2. The molecule has 130 valence electrons. The highest BCUT2D eigenvalue weighted by atomic mass is 35.5.